The van der Waals surface area contributed by atoms with Crippen molar-refractivity contribution in [3.05, 3.63) is 29.6 Å². The molecule has 3 nitrogen and oxygen atoms in total. The smallest absolute Gasteiger partial charge is 0.138 e. The zero-order chi connectivity index (χ0) is 15.0. The molecule has 1 N–H and O–H groups in total. The zero-order valence-electron chi connectivity index (χ0n) is 13.7. The van der Waals surface area contributed by atoms with Crippen molar-refractivity contribution in [2.75, 3.05) is 5.32 Å². The van der Waals surface area contributed by atoms with Crippen LogP contribution in [-0.2, 0) is 0 Å². The fraction of sp³-hybridized carbons (Fsp3) is 0.611. The van der Waals surface area contributed by atoms with E-state index < -0.39 is 0 Å². The Morgan fingerprint density at radius 1 is 1.14 bits per heavy atom. The number of rotatable bonds is 2. The molecule has 0 saturated heterocycles. The lowest BCUT2D eigenvalue weighted by Crippen LogP contribution is -2.28. The van der Waals surface area contributed by atoms with Crippen LogP contribution >= 0.6 is 0 Å². The summed E-state index contributed by atoms with van der Waals surface area (Å²) in [4.78, 5) is 4.96. The van der Waals surface area contributed by atoms with Crippen LogP contribution in [0.25, 0.3) is 5.65 Å². The highest BCUT2D eigenvalue weighted by Gasteiger charge is 2.25. The van der Waals surface area contributed by atoms with Crippen molar-refractivity contribution in [1.82, 2.24) is 9.38 Å². The maximum absolute atomic E-state index is 4.96. The van der Waals surface area contributed by atoms with Crippen molar-refractivity contribution >= 4 is 11.5 Å². The number of aryl methyl sites for hydroxylation is 1. The highest BCUT2D eigenvalue weighted by Crippen LogP contribution is 2.37. The van der Waals surface area contributed by atoms with Crippen LogP contribution in [0.15, 0.2) is 18.3 Å². The van der Waals surface area contributed by atoms with E-state index in [-0.39, 0.29) is 5.54 Å². The van der Waals surface area contributed by atoms with Gasteiger partial charge in [0.2, 0.25) is 0 Å². The lowest BCUT2D eigenvalue weighted by atomic mass is 9.87. The monoisotopic (exact) mass is 285 g/mol. The number of aromatic nitrogens is 2. The predicted molar refractivity (Wildman–Crippen MR) is 89.1 cm³/mol. The van der Waals surface area contributed by atoms with E-state index >= 15 is 0 Å². The molecular weight excluding hydrogens is 258 g/mol. The first-order valence-corrected chi connectivity index (χ1v) is 8.21. The summed E-state index contributed by atoms with van der Waals surface area (Å²) in [6, 6.07) is 4.28. The van der Waals surface area contributed by atoms with Gasteiger partial charge in [0, 0.05) is 17.7 Å². The largest absolute Gasteiger partial charge is 0.365 e. The third kappa shape index (κ3) is 3.07. The molecular formula is C18H27N3. The molecule has 0 atom stereocenters. The van der Waals surface area contributed by atoms with Crippen LogP contribution in [0.5, 0.6) is 0 Å². The Morgan fingerprint density at radius 3 is 2.52 bits per heavy atom. The second-order valence-corrected chi connectivity index (χ2v) is 7.49. The number of fused-ring (bicyclic) bond motifs is 1. The van der Waals surface area contributed by atoms with Crippen molar-refractivity contribution in [2.24, 2.45) is 0 Å². The van der Waals surface area contributed by atoms with Crippen molar-refractivity contribution in [2.45, 2.75) is 71.3 Å². The van der Waals surface area contributed by atoms with E-state index in [0.29, 0.717) is 5.92 Å². The molecule has 0 bridgehead atoms. The Balaban J connectivity index is 2.10. The fourth-order valence-electron chi connectivity index (χ4n) is 3.31. The minimum atomic E-state index is 0.0448. The Morgan fingerprint density at radius 2 is 1.86 bits per heavy atom. The molecule has 1 fully saturated rings. The van der Waals surface area contributed by atoms with Gasteiger partial charge in [-0.3, -0.25) is 4.40 Å². The first kappa shape index (κ1) is 14.4. The number of hydrogen-bond acceptors (Lipinski definition) is 2. The average molecular weight is 285 g/mol. The summed E-state index contributed by atoms with van der Waals surface area (Å²) in [7, 11) is 0. The van der Waals surface area contributed by atoms with Crippen LogP contribution in [-0.4, -0.2) is 14.9 Å². The molecule has 3 rings (SSSR count). The van der Waals surface area contributed by atoms with Gasteiger partial charge in [0.1, 0.15) is 11.5 Å². The number of hydrogen-bond donors (Lipinski definition) is 1. The minimum absolute atomic E-state index is 0.0448. The molecule has 0 aliphatic heterocycles. The zero-order valence-corrected chi connectivity index (χ0v) is 13.7. The van der Waals surface area contributed by atoms with Crippen LogP contribution in [0.2, 0.25) is 0 Å². The summed E-state index contributed by atoms with van der Waals surface area (Å²) in [5, 5.41) is 3.70. The molecule has 114 valence electrons. The standard InChI is InChI=1S/C18H27N3/c1-13-10-11-15-19-16(14-8-6-5-7-9-14)17(21(15)12-13)20-18(2,3)4/h10-12,14,20H,5-9H2,1-4H3. The molecule has 21 heavy (non-hydrogen) atoms. The normalized spacial score (nSPS) is 17.3. The van der Waals surface area contributed by atoms with Gasteiger partial charge in [0.25, 0.3) is 0 Å². The summed E-state index contributed by atoms with van der Waals surface area (Å²) in [6.07, 6.45) is 8.82. The van der Waals surface area contributed by atoms with Crippen molar-refractivity contribution in [1.29, 1.82) is 0 Å². The van der Waals surface area contributed by atoms with E-state index in [2.05, 4.69) is 55.7 Å². The molecule has 0 radical (unpaired) electrons. The summed E-state index contributed by atoms with van der Waals surface area (Å²) in [5.41, 5.74) is 3.65. The van der Waals surface area contributed by atoms with Crippen LogP contribution < -0.4 is 5.32 Å². The molecule has 0 unspecified atom stereocenters. The van der Waals surface area contributed by atoms with Gasteiger partial charge in [-0.2, -0.15) is 0 Å². The summed E-state index contributed by atoms with van der Waals surface area (Å²) in [6.45, 7) is 8.78. The van der Waals surface area contributed by atoms with Crippen LogP contribution in [0.4, 0.5) is 5.82 Å². The maximum Gasteiger partial charge on any atom is 0.138 e. The highest BCUT2D eigenvalue weighted by molar-refractivity contribution is 5.58. The highest BCUT2D eigenvalue weighted by atomic mass is 15.2. The molecule has 1 aliphatic carbocycles. The van der Waals surface area contributed by atoms with Gasteiger partial charge < -0.3 is 5.32 Å². The maximum atomic E-state index is 4.96. The topological polar surface area (TPSA) is 29.3 Å². The van der Waals surface area contributed by atoms with Gasteiger partial charge in [-0.15, -0.1) is 0 Å². The van der Waals surface area contributed by atoms with Crippen LogP contribution in [0.3, 0.4) is 0 Å². The first-order chi connectivity index (χ1) is 9.94. The third-order valence-corrected chi connectivity index (χ3v) is 4.28. The van der Waals surface area contributed by atoms with Gasteiger partial charge in [-0.25, -0.2) is 4.98 Å². The Labute approximate surface area is 127 Å². The van der Waals surface area contributed by atoms with E-state index in [1.165, 1.54) is 49.2 Å². The molecule has 2 aromatic heterocycles. The Kier molecular flexibility index (Phi) is 3.68. The Hall–Kier alpha value is -1.51. The van der Waals surface area contributed by atoms with E-state index in [4.69, 9.17) is 4.98 Å². The minimum Gasteiger partial charge on any atom is -0.365 e. The van der Waals surface area contributed by atoms with Gasteiger partial charge >= 0.3 is 0 Å². The van der Waals surface area contributed by atoms with E-state index in [1.54, 1.807) is 0 Å². The van der Waals surface area contributed by atoms with E-state index in [9.17, 15) is 0 Å². The third-order valence-electron chi connectivity index (χ3n) is 4.28. The van der Waals surface area contributed by atoms with E-state index in [1.807, 2.05) is 0 Å². The van der Waals surface area contributed by atoms with Gasteiger partial charge in [0.05, 0.1) is 5.69 Å². The predicted octanol–water partition coefficient (Wildman–Crippen LogP) is 4.90. The first-order valence-electron chi connectivity index (χ1n) is 8.21. The molecule has 1 saturated carbocycles. The quantitative estimate of drug-likeness (QED) is 0.850. The second-order valence-electron chi connectivity index (χ2n) is 7.49. The van der Waals surface area contributed by atoms with Gasteiger partial charge in [-0.1, -0.05) is 25.3 Å². The summed E-state index contributed by atoms with van der Waals surface area (Å²) < 4.78 is 2.24. The van der Waals surface area contributed by atoms with Crippen LogP contribution in [0, 0.1) is 6.92 Å². The number of pyridine rings is 1. The number of nitrogens with zero attached hydrogens (tertiary/aromatic N) is 2. The van der Waals surface area contributed by atoms with Crippen molar-refractivity contribution < 1.29 is 0 Å². The summed E-state index contributed by atoms with van der Waals surface area (Å²) in [5.74, 6) is 1.82. The van der Waals surface area contributed by atoms with Crippen molar-refractivity contribution in [3.8, 4) is 0 Å². The lowest BCUT2D eigenvalue weighted by Gasteiger charge is -2.26. The van der Waals surface area contributed by atoms with Crippen LogP contribution in [0.1, 0.15) is 70.1 Å². The number of anilines is 1. The Bertz CT molecular complexity index is 628. The molecule has 0 aromatic carbocycles. The molecule has 0 spiro atoms. The van der Waals surface area contributed by atoms with Gasteiger partial charge in [0.15, 0.2) is 0 Å². The van der Waals surface area contributed by atoms with E-state index in [0.717, 1.165) is 5.65 Å². The lowest BCUT2D eigenvalue weighted by molar-refractivity contribution is 0.438. The van der Waals surface area contributed by atoms with Crippen molar-refractivity contribution in [3.63, 3.8) is 0 Å². The number of nitrogens with one attached hydrogen (secondary N) is 1. The molecule has 2 heterocycles. The molecule has 0 amide bonds. The average Bonchev–Trinajstić information content (AvgIpc) is 2.76. The second kappa shape index (κ2) is 5.36. The molecule has 1 aliphatic rings. The summed E-state index contributed by atoms with van der Waals surface area (Å²) >= 11 is 0. The molecule has 3 heteroatoms. The number of imidazole rings is 1. The molecule has 2 aromatic rings. The fourth-order valence-corrected chi connectivity index (χ4v) is 3.31. The van der Waals surface area contributed by atoms with Gasteiger partial charge in [-0.05, 0) is 52.2 Å². The SMILES string of the molecule is Cc1ccc2nc(C3CCCCC3)c(NC(C)(C)C)n2c1.